The van der Waals surface area contributed by atoms with Gasteiger partial charge < -0.3 is 9.47 Å². The quantitative estimate of drug-likeness (QED) is 0.191. The van der Waals surface area contributed by atoms with Crippen LogP contribution in [0.4, 0.5) is 26.3 Å². The second-order valence-electron chi connectivity index (χ2n) is 9.57. The van der Waals surface area contributed by atoms with Crippen LogP contribution < -0.4 is 9.47 Å². The molecule has 0 saturated heterocycles. The molecule has 2 nitrogen and oxygen atoms in total. The lowest BCUT2D eigenvalue weighted by Crippen LogP contribution is -2.11. The second-order valence-corrected chi connectivity index (χ2v) is 9.57. The molecule has 0 atom stereocenters. The standard InChI is InChI=1S/C34H20F6O2/c35-33(36,37)29-19-23(41-31-13-5-9-21-7-1-3-11-25(21)31)15-17-27(29)28-18-16-24(20-30(28)34(38,39)40)42-32-14-6-10-22-8-2-4-12-26(22)32/h1-20H. The number of hydrogen-bond donors (Lipinski definition) is 0. The van der Waals surface area contributed by atoms with E-state index < -0.39 is 34.6 Å². The molecule has 0 aliphatic rings. The maximum absolute atomic E-state index is 14.3. The van der Waals surface area contributed by atoms with Crippen molar-refractivity contribution in [1.29, 1.82) is 0 Å². The van der Waals surface area contributed by atoms with Crippen LogP contribution in [-0.2, 0) is 12.4 Å². The molecule has 0 bridgehead atoms. The number of halogens is 6. The molecule has 0 N–H and O–H groups in total. The van der Waals surface area contributed by atoms with Crippen LogP contribution >= 0.6 is 0 Å². The third-order valence-corrected chi connectivity index (χ3v) is 6.84. The fourth-order valence-electron chi connectivity index (χ4n) is 4.94. The predicted octanol–water partition coefficient (Wildman–Crippen LogP) is 11.3. The Morgan fingerprint density at radius 1 is 0.405 bits per heavy atom. The van der Waals surface area contributed by atoms with Crippen LogP contribution in [-0.4, -0.2) is 0 Å². The summed E-state index contributed by atoms with van der Waals surface area (Å²) in [5.41, 5.74) is -3.77. The van der Waals surface area contributed by atoms with Crippen LogP contribution in [0, 0.1) is 0 Å². The number of fused-ring (bicyclic) bond motifs is 2. The van der Waals surface area contributed by atoms with Crippen LogP contribution in [0.3, 0.4) is 0 Å². The zero-order chi connectivity index (χ0) is 29.5. The zero-order valence-corrected chi connectivity index (χ0v) is 21.6. The Bertz CT molecular complexity index is 1770. The number of hydrogen-bond acceptors (Lipinski definition) is 2. The first-order chi connectivity index (χ1) is 20.1. The minimum Gasteiger partial charge on any atom is -0.457 e. The van der Waals surface area contributed by atoms with Crippen molar-refractivity contribution in [3.8, 4) is 34.1 Å². The zero-order valence-electron chi connectivity index (χ0n) is 21.6. The summed E-state index contributed by atoms with van der Waals surface area (Å²) in [6.07, 6.45) is -9.93. The Morgan fingerprint density at radius 2 is 0.786 bits per heavy atom. The van der Waals surface area contributed by atoms with Crippen molar-refractivity contribution < 1.29 is 35.8 Å². The van der Waals surface area contributed by atoms with Crippen LogP contribution in [0.1, 0.15) is 11.1 Å². The van der Waals surface area contributed by atoms with Gasteiger partial charge in [0.2, 0.25) is 0 Å². The summed E-state index contributed by atoms with van der Waals surface area (Å²) in [5, 5.41) is 3.00. The van der Waals surface area contributed by atoms with Crippen molar-refractivity contribution in [2.75, 3.05) is 0 Å². The summed E-state index contributed by atoms with van der Waals surface area (Å²) in [4.78, 5) is 0. The molecule has 210 valence electrons. The first kappa shape index (κ1) is 27.2. The molecule has 0 unspecified atom stereocenters. The van der Waals surface area contributed by atoms with E-state index in [9.17, 15) is 26.3 Å². The van der Waals surface area contributed by atoms with Gasteiger partial charge in [0.25, 0.3) is 0 Å². The third-order valence-electron chi connectivity index (χ3n) is 6.84. The van der Waals surface area contributed by atoms with Gasteiger partial charge >= 0.3 is 12.4 Å². The number of benzene rings is 6. The molecular formula is C34H20F6O2. The maximum atomic E-state index is 14.3. The van der Waals surface area contributed by atoms with Gasteiger partial charge in [0.15, 0.2) is 0 Å². The maximum Gasteiger partial charge on any atom is 0.417 e. The summed E-state index contributed by atoms with van der Waals surface area (Å²) in [7, 11) is 0. The largest absolute Gasteiger partial charge is 0.457 e. The highest BCUT2D eigenvalue weighted by atomic mass is 19.4. The molecule has 0 saturated carbocycles. The van der Waals surface area contributed by atoms with E-state index in [1.165, 1.54) is 12.1 Å². The van der Waals surface area contributed by atoms with Gasteiger partial charge in [-0.25, -0.2) is 0 Å². The van der Waals surface area contributed by atoms with Crippen molar-refractivity contribution in [1.82, 2.24) is 0 Å². The van der Waals surface area contributed by atoms with Crippen molar-refractivity contribution in [3.05, 3.63) is 132 Å². The van der Waals surface area contributed by atoms with Gasteiger partial charge in [-0.3, -0.25) is 0 Å². The molecule has 0 spiro atoms. The van der Waals surface area contributed by atoms with Gasteiger partial charge in [-0.1, -0.05) is 84.9 Å². The molecule has 6 rings (SSSR count). The van der Waals surface area contributed by atoms with Gasteiger partial charge in [0.1, 0.15) is 23.0 Å². The van der Waals surface area contributed by atoms with Crippen LogP contribution in [0.2, 0.25) is 0 Å². The summed E-state index contributed by atoms with van der Waals surface area (Å²) in [5.74, 6) is 0.318. The molecule has 0 aliphatic carbocycles. The van der Waals surface area contributed by atoms with Crippen LogP contribution in [0.5, 0.6) is 23.0 Å². The lowest BCUT2D eigenvalue weighted by Gasteiger charge is -2.20. The monoisotopic (exact) mass is 574 g/mol. The number of rotatable bonds is 5. The highest BCUT2D eigenvalue weighted by Crippen LogP contribution is 2.46. The molecule has 6 aromatic rings. The third kappa shape index (κ3) is 5.35. The highest BCUT2D eigenvalue weighted by molar-refractivity contribution is 5.89. The normalized spacial score (nSPS) is 12.0. The Morgan fingerprint density at radius 3 is 1.19 bits per heavy atom. The predicted molar refractivity (Wildman–Crippen MR) is 150 cm³/mol. The summed E-state index contributed by atoms with van der Waals surface area (Å²) >= 11 is 0. The van der Waals surface area contributed by atoms with Crippen LogP contribution in [0.15, 0.2) is 121 Å². The van der Waals surface area contributed by atoms with Gasteiger partial charge in [0.05, 0.1) is 11.1 Å². The molecule has 0 fully saturated rings. The Labute approximate surface area is 236 Å². The van der Waals surface area contributed by atoms with E-state index in [0.717, 1.165) is 35.0 Å². The van der Waals surface area contributed by atoms with Crippen LogP contribution in [0.25, 0.3) is 32.7 Å². The van der Waals surface area contributed by atoms with E-state index in [1.54, 1.807) is 48.5 Å². The van der Waals surface area contributed by atoms with Gasteiger partial charge in [-0.05, 0) is 58.3 Å². The molecule has 6 aromatic carbocycles. The summed E-state index contributed by atoms with van der Waals surface area (Å²) in [6.45, 7) is 0. The van der Waals surface area contributed by atoms with Crippen molar-refractivity contribution in [2.45, 2.75) is 12.4 Å². The SMILES string of the molecule is FC(F)(F)c1cc(Oc2cccc3ccccc23)ccc1-c1ccc(Oc2cccc3ccccc23)cc1C(F)(F)F. The molecule has 0 radical (unpaired) electrons. The lowest BCUT2D eigenvalue weighted by molar-refractivity contribution is -0.139. The van der Waals surface area contributed by atoms with Gasteiger partial charge in [-0.15, -0.1) is 0 Å². The van der Waals surface area contributed by atoms with E-state index in [1.807, 2.05) is 36.4 Å². The topological polar surface area (TPSA) is 18.5 Å². The van der Waals surface area contributed by atoms with Gasteiger partial charge in [-0.2, -0.15) is 26.3 Å². The molecule has 0 aromatic heterocycles. The van der Waals surface area contributed by atoms with E-state index in [-0.39, 0.29) is 11.5 Å². The summed E-state index contributed by atoms with van der Waals surface area (Å²) < 4.78 is 97.3. The van der Waals surface area contributed by atoms with E-state index >= 15 is 0 Å². The van der Waals surface area contributed by atoms with E-state index in [4.69, 9.17) is 9.47 Å². The first-order valence-electron chi connectivity index (χ1n) is 12.8. The molecule has 0 amide bonds. The van der Waals surface area contributed by atoms with E-state index in [0.29, 0.717) is 22.3 Å². The highest BCUT2D eigenvalue weighted by Gasteiger charge is 2.39. The van der Waals surface area contributed by atoms with E-state index in [2.05, 4.69) is 0 Å². The summed E-state index contributed by atoms with van der Waals surface area (Å²) in [6, 6.07) is 30.6. The molecule has 42 heavy (non-hydrogen) atoms. The van der Waals surface area contributed by atoms with Crippen molar-refractivity contribution >= 4 is 21.5 Å². The minimum absolute atomic E-state index is 0.160. The first-order valence-corrected chi connectivity index (χ1v) is 12.8. The fraction of sp³-hybridized carbons (Fsp3) is 0.0588. The Hall–Kier alpha value is -4.98. The molecule has 0 heterocycles. The average Bonchev–Trinajstić information content (AvgIpc) is 2.97. The lowest BCUT2D eigenvalue weighted by atomic mass is 9.94. The average molecular weight is 575 g/mol. The number of alkyl halides is 6. The van der Waals surface area contributed by atoms with Crippen molar-refractivity contribution in [2.24, 2.45) is 0 Å². The van der Waals surface area contributed by atoms with Crippen molar-refractivity contribution in [3.63, 3.8) is 0 Å². The molecular weight excluding hydrogens is 554 g/mol. The molecule has 8 heteroatoms. The number of ether oxygens (including phenoxy) is 2. The molecule has 0 aliphatic heterocycles. The Balaban J connectivity index is 1.42. The van der Waals surface area contributed by atoms with Gasteiger partial charge in [0, 0.05) is 10.8 Å². The second kappa shape index (κ2) is 10.4. The minimum atomic E-state index is -4.96. The smallest absolute Gasteiger partial charge is 0.417 e. The Kier molecular flexibility index (Phi) is 6.77. The fourth-order valence-corrected chi connectivity index (χ4v) is 4.94.